The lowest BCUT2D eigenvalue weighted by molar-refractivity contribution is 1.10. The van der Waals surface area contributed by atoms with E-state index in [-0.39, 0.29) is 5.92 Å². The highest BCUT2D eigenvalue weighted by Crippen LogP contribution is 2.39. The number of H-pyrrole nitrogens is 1. The van der Waals surface area contributed by atoms with E-state index in [0.717, 1.165) is 5.69 Å². The van der Waals surface area contributed by atoms with Gasteiger partial charge in [-0.15, -0.1) is 11.6 Å². The van der Waals surface area contributed by atoms with Gasteiger partial charge in [0.1, 0.15) is 0 Å². The quantitative estimate of drug-likeness (QED) is 0.710. The minimum absolute atomic E-state index is 0.264. The summed E-state index contributed by atoms with van der Waals surface area (Å²) in [5.41, 5.74) is 4.78. The monoisotopic (exact) mass is 218 g/mol. The average Bonchev–Trinajstić information content (AvgIpc) is 2.81. The van der Waals surface area contributed by atoms with E-state index in [0.29, 0.717) is 5.88 Å². The predicted molar refractivity (Wildman–Crippen MR) is 64.6 cm³/mol. The topological polar surface area (TPSA) is 28.1 Å². The third kappa shape index (κ3) is 1.15. The number of hydrogen-bond donors (Lipinski definition) is 1. The summed E-state index contributed by atoms with van der Waals surface area (Å²) in [6, 6.07) is 4.13. The Bertz CT molecular complexity index is 554. The summed E-state index contributed by atoms with van der Waals surface area (Å²) in [6.45, 7) is 2.11. The Morgan fingerprint density at radius 2 is 2.33 bits per heavy atom. The normalized spacial score (nSPS) is 18.7. The molecule has 1 N–H and O–H groups in total. The van der Waals surface area contributed by atoms with E-state index in [4.69, 9.17) is 11.6 Å². The molecule has 0 unspecified atom stereocenters. The van der Waals surface area contributed by atoms with Crippen molar-refractivity contribution in [3.8, 4) is 0 Å². The maximum Gasteiger partial charge on any atom is 0.0672 e. The van der Waals surface area contributed by atoms with Crippen LogP contribution in [0.25, 0.3) is 10.9 Å². The third-order valence-corrected chi connectivity index (χ3v) is 3.32. The molecule has 0 bridgehead atoms. The second-order valence-corrected chi connectivity index (χ2v) is 4.24. The Morgan fingerprint density at radius 1 is 1.47 bits per heavy atom. The Morgan fingerprint density at radius 3 is 3.13 bits per heavy atom. The van der Waals surface area contributed by atoms with Crippen LogP contribution >= 0.6 is 11.6 Å². The molecule has 2 heterocycles. The molecule has 0 radical (unpaired) electrons. The first kappa shape index (κ1) is 8.98. The van der Waals surface area contributed by atoms with Crippen molar-refractivity contribution in [1.82, 2.24) is 4.98 Å². The van der Waals surface area contributed by atoms with E-state index >= 15 is 0 Å². The van der Waals surface area contributed by atoms with E-state index < -0.39 is 0 Å². The van der Waals surface area contributed by atoms with Crippen LogP contribution in [0.3, 0.4) is 0 Å². The highest BCUT2D eigenvalue weighted by Gasteiger charge is 2.22. The summed E-state index contributed by atoms with van der Waals surface area (Å²) in [6.07, 6.45) is 3.98. The van der Waals surface area contributed by atoms with Crippen LogP contribution in [0, 0.1) is 6.92 Å². The Labute approximate surface area is 93.0 Å². The summed E-state index contributed by atoms with van der Waals surface area (Å²) in [5.74, 6) is 0.861. The van der Waals surface area contributed by atoms with Gasteiger partial charge in [0.15, 0.2) is 0 Å². The molecule has 0 saturated carbocycles. The second-order valence-electron chi connectivity index (χ2n) is 3.93. The zero-order chi connectivity index (χ0) is 10.4. The van der Waals surface area contributed by atoms with Crippen molar-refractivity contribution in [2.75, 3.05) is 5.88 Å². The number of hydrogen-bond acceptors (Lipinski definition) is 1. The number of aliphatic imine (C=N–C) groups is 1. The van der Waals surface area contributed by atoms with Crippen LogP contribution in [0.5, 0.6) is 0 Å². The molecule has 1 aliphatic heterocycles. The molecule has 0 fully saturated rings. The summed E-state index contributed by atoms with van der Waals surface area (Å²) in [4.78, 5) is 7.66. The van der Waals surface area contributed by atoms with Crippen molar-refractivity contribution >= 4 is 34.4 Å². The SMILES string of the molecule is Cc1c[nH]c2ccc3c(c12)[C@H](CCl)C=N3. The largest absolute Gasteiger partial charge is 0.361 e. The van der Waals surface area contributed by atoms with Gasteiger partial charge in [-0.05, 0) is 30.2 Å². The summed E-state index contributed by atoms with van der Waals surface area (Å²) >= 11 is 5.95. The number of benzene rings is 1. The highest BCUT2D eigenvalue weighted by molar-refractivity contribution is 6.20. The van der Waals surface area contributed by atoms with Crippen LogP contribution in [0.1, 0.15) is 17.0 Å². The van der Waals surface area contributed by atoms with E-state index in [1.54, 1.807) is 0 Å². The third-order valence-electron chi connectivity index (χ3n) is 2.99. The lowest BCUT2D eigenvalue weighted by atomic mass is 9.97. The first-order chi connectivity index (χ1) is 7.31. The maximum absolute atomic E-state index is 5.95. The summed E-state index contributed by atoms with van der Waals surface area (Å²) in [7, 11) is 0. The summed E-state index contributed by atoms with van der Waals surface area (Å²) in [5, 5.41) is 1.29. The first-order valence-electron chi connectivity index (χ1n) is 5.02. The van der Waals surface area contributed by atoms with Crippen LogP contribution < -0.4 is 0 Å². The molecule has 2 aromatic rings. The number of halogens is 1. The number of alkyl halides is 1. The molecule has 2 nitrogen and oxygen atoms in total. The average molecular weight is 219 g/mol. The van der Waals surface area contributed by atoms with Gasteiger partial charge in [-0.2, -0.15) is 0 Å². The Balaban J connectivity index is 2.39. The molecular weight excluding hydrogens is 208 g/mol. The molecule has 0 amide bonds. The maximum atomic E-state index is 5.95. The second kappa shape index (κ2) is 3.11. The van der Waals surface area contributed by atoms with E-state index in [1.165, 1.54) is 22.0 Å². The zero-order valence-corrected chi connectivity index (χ0v) is 9.17. The number of aryl methyl sites for hydroxylation is 1. The molecule has 1 aromatic carbocycles. The number of fused-ring (bicyclic) bond motifs is 3. The fourth-order valence-electron chi connectivity index (χ4n) is 2.26. The Hall–Kier alpha value is -1.28. The van der Waals surface area contributed by atoms with Crippen LogP contribution in [0.4, 0.5) is 5.69 Å². The van der Waals surface area contributed by atoms with Crippen molar-refractivity contribution in [2.24, 2.45) is 4.99 Å². The van der Waals surface area contributed by atoms with Crippen LogP contribution in [0.15, 0.2) is 23.3 Å². The van der Waals surface area contributed by atoms with E-state index in [2.05, 4.69) is 29.0 Å². The standard InChI is InChI=1S/C12H11ClN2/c1-7-5-14-9-2-3-10-12(11(7)9)8(4-13)6-15-10/h2-3,5-6,8,14H,4H2,1H3/t8-/m1/s1. The van der Waals surface area contributed by atoms with Crippen molar-refractivity contribution < 1.29 is 0 Å². The smallest absolute Gasteiger partial charge is 0.0672 e. The number of aromatic amines is 1. The van der Waals surface area contributed by atoms with Crippen molar-refractivity contribution in [3.05, 3.63) is 29.5 Å². The lowest BCUT2D eigenvalue weighted by Gasteiger charge is -2.07. The Kier molecular flexibility index (Phi) is 1.86. The number of nitrogens with one attached hydrogen (secondary N) is 1. The fraction of sp³-hybridized carbons (Fsp3) is 0.250. The molecule has 0 spiro atoms. The molecule has 3 heteroatoms. The van der Waals surface area contributed by atoms with Crippen molar-refractivity contribution in [3.63, 3.8) is 0 Å². The van der Waals surface area contributed by atoms with Gasteiger partial charge >= 0.3 is 0 Å². The number of aromatic nitrogens is 1. The highest BCUT2D eigenvalue weighted by atomic mass is 35.5. The van der Waals surface area contributed by atoms with E-state index in [1.807, 2.05) is 12.4 Å². The van der Waals surface area contributed by atoms with Gasteiger partial charge in [-0.1, -0.05) is 0 Å². The first-order valence-corrected chi connectivity index (χ1v) is 5.55. The van der Waals surface area contributed by atoms with Gasteiger partial charge in [-0.25, -0.2) is 0 Å². The lowest BCUT2D eigenvalue weighted by Crippen LogP contribution is -1.98. The van der Waals surface area contributed by atoms with Gasteiger partial charge in [0.25, 0.3) is 0 Å². The fourth-order valence-corrected chi connectivity index (χ4v) is 2.50. The number of rotatable bonds is 1. The molecule has 3 rings (SSSR count). The molecule has 76 valence electrons. The summed E-state index contributed by atoms with van der Waals surface area (Å²) < 4.78 is 0. The molecule has 0 saturated heterocycles. The minimum Gasteiger partial charge on any atom is -0.361 e. The van der Waals surface area contributed by atoms with Gasteiger partial charge in [0.05, 0.1) is 5.69 Å². The molecule has 15 heavy (non-hydrogen) atoms. The van der Waals surface area contributed by atoms with Crippen LogP contribution in [0.2, 0.25) is 0 Å². The molecular formula is C12H11ClN2. The molecule has 1 aliphatic rings. The van der Waals surface area contributed by atoms with Crippen LogP contribution in [-0.4, -0.2) is 17.1 Å². The zero-order valence-electron chi connectivity index (χ0n) is 8.42. The van der Waals surface area contributed by atoms with E-state index in [9.17, 15) is 0 Å². The van der Waals surface area contributed by atoms with Crippen LogP contribution in [-0.2, 0) is 0 Å². The van der Waals surface area contributed by atoms with Gasteiger partial charge in [-0.3, -0.25) is 4.99 Å². The van der Waals surface area contributed by atoms with Gasteiger partial charge < -0.3 is 4.98 Å². The predicted octanol–water partition coefficient (Wildman–Crippen LogP) is 3.51. The molecule has 0 aliphatic carbocycles. The van der Waals surface area contributed by atoms with Crippen molar-refractivity contribution in [2.45, 2.75) is 12.8 Å². The van der Waals surface area contributed by atoms with Crippen molar-refractivity contribution in [1.29, 1.82) is 0 Å². The minimum atomic E-state index is 0.264. The molecule has 1 aromatic heterocycles. The van der Waals surface area contributed by atoms with Gasteiger partial charge in [0, 0.05) is 35.1 Å². The number of nitrogens with zero attached hydrogens (tertiary/aromatic N) is 1. The van der Waals surface area contributed by atoms with Gasteiger partial charge in [0.2, 0.25) is 0 Å². The molecule has 1 atom stereocenters.